The molecule has 17 heavy (non-hydrogen) atoms. The number of nitrogens with one attached hydrogen (secondary N) is 1. The molecule has 1 aliphatic carbocycles. The maximum Gasteiger partial charge on any atom is 0.223 e. The smallest absolute Gasteiger partial charge is 0.223 e. The second-order valence-electron chi connectivity index (χ2n) is 4.50. The van der Waals surface area contributed by atoms with Crippen molar-refractivity contribution in [3.05, 3.63) is 35.9 Å². The van der Waals surface area contributed by atoms with E-state index in [2.05, 4.69) is 5.32 Å². The molecule has 0 spiro atoms. The van der Waals surface area contributed by atoms with Crippen LogP contribution in [0.25, 0.3) is 0 Å². The largest absolute Gasteiger partial charge is 0.349 e. The summed E-state index contributed by atoms with van der Waals surface area (Å²) in [4.78, 5) is 22.5. The fourth-order valence-corrected chi connectivity index (χ4v) is 2.02. The van der Waals surface area contributed by atoms with Gasteiger partial charge in [0.15, 0.2) is 0 Å². The maximum atomic E-state index is 11.9. The molecule has 0 bridgehead atoms. The van der Waals surface area contributed by atoms with E-state index in [0.717, 1.165) is 31.1 Å². The van der Waals surface area contributed by atoms with E-state index >= 15 is 0 Å². The van der Waals surface area contributed by atoms with Gasteiger partial charge in [-0.2, -0.15) is 0 Å². The lowest BCUT2D eigenvalue weighted by molar-refractivity contribution is -0.128. The zero-order valence-electron chi connectivity index (χ0n) is 9.76. The molecule has 1 saturated carbocycles. The zero-order chi connectivity index (χ0) is 12.1. The molecule has 1 aromatic rings. The molecule has 1 amide bonds. The number of benzene rings is 1. The van der Waals surface area contributed by atoms with Crippen LogP contribution in [-0.4, -0.2) is 12.2 Å². The van der Waals surface area contributed by atoms with Crippen molar-refractivity contribution >= 4 is 12.2 Å². The Hall–Kier alpha value is -1.64. The van der Waals surface area contributed by atoms with Crippen LogP contribution >= 0.6 is 0 Å². The van der Waals surface area contributed by atoms with Gasteiger partial charge in [0.2, 0.25) is 5.91 Å². The molecule has 1 aromatic carbocycles. The Bertz CT molecular complexity index is 384. The van der Waals surface area contributed by atoms with E-state index in [-0.39, 0.29) is 17.9 Å². The lowest BCUT2D eigenvalue weighted by atomic mass is 9.84. The lowest BCUT2D eigenvalue weighted by Gasteiger charge is -2.27. The highest BCUT2D eigenvalue weighted by atomic mass is 16.2. The molecule has 1 unspecified atom stereocenters. The fraction of sp³-hybridized carbons (Fsp3) is 0.429. The monoisotopic (exact) mass is 231 g/mol. The first kappa shape index (κ1) is 11.8. The maximum absolute atomic E-state index is 11.9. The minimum atomic E-state index is -0.179. The quantitative estimate of drug-likeness (QED) is 0.790. The average molecular weight is 231 g/mol. The van der Waals surface area contributed by atoms with Gasteiger partial charge in [-0.05, 0) is 18.4 Å². The highest BCUT2D eigenvalue weighted by Crippen LogP contribution is 2.27. The van der Waals surface area contributed by atoms with E-state index in [0.29, 0.717) is 6.42 Å². The minimum absolute atomic E-state index is 0.0898. The summed E-state index contributed by atoms with van der Waals surface area (Å²) in [5.74, 6) is 0.250. The van der Waals surface area contributed by atoms with Gasteiger partial charge in [-0.3, -0.25) is 4.79 Å². The SMILES string of the molecule is O=CCC(NC(=O)C1CCC1)c1ccccc1. The van der Waals surface area contributed by atoms with Gasteiger partial charge in [0.25, 0.3) is 0 Å². The van der Waals surface area contributed by atoms with Gasteiger partial charge in [0, 0.05) is 12.3 Å². The summed E-state index contributed by atoms with van der Waals surface area (Å²) in [5, 5.41) is 2.97. The minimum Gasteiger partial charge on any atom is -0.349 e. The molecule has 90 valence electrons. The molecule has 0 radical (unpaired) electrons. The molecule has 1 N–H and O–H groups in total. The first-order chi connectivity index (χ1) is 8.31. The average Bonchev–Trinajstić information content (AvgIpc) is 2.27. The van der Waals surface area contributed by atoms with Crippen LogP contribution in [-0.2, 0) is 9.59 Å². The summed E-state index contributed by atoms with van der Waals surface area (Å²) < 4.78 is 0. The molecule has 0 saturated heterocycles. The molecular formula is C14H17NO2. The van der Waals surface area contributed by atoms with Crippen LogP contribution in [0, 0.1) is 5.92 Å². The molecule has 2 rings (SSSR count). The molecule has 3 heteroatoms. The molecule has 0 aliphatic heterocycles. The van der Waals surface area contributed by atoms with Gasteiger partial charge >= 0.3 is 0 Å². The number of amides is 1. The number of carbonyl (C=O) groups excluding carboxylic acids is 2. The number of carbonyl (C=O) groups is 2. The summed E-state index contributed by atoms with van der Waals surface area (Å²) in [6, 6.07) is 9.46. The number of aldehydes is 1. The van der Waals surface area contributed by atoms with Gasteiger partial charge in [-0.15, -0.1) is 0 Å². The topological polar surface area (TPSA) is 46.2 Å². The van der Waals surface area contributed by atoms with Gasteiger partial charge in [-0.1, -0.05) is 36.8 Å². The van der Waals surface area contributed by atoms with Gasteiger partial charge < -0.3 is 10.1 Å². The Morgan fingerprint density at radius 2 is 2.06 bits per heavy atom. The van der Waals surface area contributed by atoms with E-state index in [9.17, 15) is 9.59 Å². The predicted octanol–water partition coefficient (Wildman–Crippen LogP) is 2.23. The van der Waals surface area contributed by atoms with Crippen molar-refractivity contribution in [1.82, 2.24) is 5.32 Å². The van der Waals surface area contributed by atoms with E-state index < -0.39 is 0 Å². The molecule has 3 nitrogen and oxygen atoms in total. The van der Waals surface area contributed by atoms with Crippen LogP contribution in [0.3, 0.4) is 0 Å². The first-order valence-electron chi connectivity index (χ1n) is 6.10. The van der Waals surface area contributed by atoms with Crippen molar-refractivity contribution in [2.24, 2.45) is 5.92 Å². The normalized spacial score (nSPS) is 16.9. The summed E-state index contributed by atoms with van der Waals surface area (Å²) >= 11 is 0. The molecule has 0 heterocycles. The van der Waals surface area contributed by atoms with Crippen molar-refractivity contribution in [1.29, 1.82) is 0 Å². The molecule has 0 aromatic heterocycles. The van der Waals surface area contributed by atoms with Crippen molar-refractivity contribution < 1.29 is 9.59 Å². The lowest BCUT2D eigenvalue weighted by Crippen LogP contribution is -2.37. The highest BCUT2D eigenvalue weighted by Gasteiger charge is 2.27. The van der Waals surface area contributed by atoms with Crippen molar-refractivity contribution in [2.75, 3.05) is 0 Å². The predicted molar refractivity (Wildman–Crippen MR) is 65.3 cm³/mol. The highest BCUT2D eigenvalue weighted by molar-refractivity contribution is 5.80. The number of hydrogen-bond donors (Lipinski definition) is 1. The second kappa shape index (κ2) is 5.62. The Labute approximate surface area is 101 Å². The van der Waals surface area contributed by atoms with Crippen molar-refractivity contribution in [3.8, 4) is 0 Å². The Morgan fingerprint density at radius 3 is 2.59 bits per heavy atom. The van der Waals surface area contributed by atoms with Crippen LogP contribution in [0.15, 0.2) is 30.3 Å². The zero-order valence-corrected chi connectivity index (χ0v) is 9.76. The van der Waals surface area contributed by atoms with E-state index in [4.69, 9.17) is 0 Å². The van der Waals surface area contributed by atoms with E-state index in [1.165, 1.54) is 0 Å². The van der Waals surface area contributed by atoms with Gasteiger partial charge in [0.1, 0.15) is 6.29 Å². The van der Waals surface area contributed by atoms with Gasteiger partial charge in [0.05, 0.1) is 6.04 Å². The van der Waals surface area contributed by atoms with Crippen molar-refractivity contribution in [2.45, 2.75) is 31.7 Å². The van der Waals surface area contributed by atoms with E-state index in [1.54, 1.807) is 0 Å². The Kier molecular flexibility index (Phi) is 3.91. The standard InChI is InChI=1S/C14H17NO2/c16-10-9-13(11-5-2-1-3-6-11)15-14(17)12-7-4-8-12/h1-3,5-6,10,12-13H,4,7-9H2,(H,15,17). The van der Waals surface area contributed by atoms with Crippen LogP contribution < -0.4 is 5.32 Å². The summed E-state index contributed by atoms with van der Waals surface area (Å²) in [7, 11) is 0. The van der Waals surface area contributed by atoms with Crippen LogP contribution in [0.4, 0.5) is 0 Å². The molecule has 1 fully saturated rings. The third-order valence-corrected chi connectivity index (χ3v) is 3.33. The summed E-state index contributed by atoms with van der Waals surface area (Å²) in [6.07, 6.45) is 4.30. The van der Waals surface area contributed by atoms with Crippen LogP contribution in [0.1, 0.15) is 37.3 Å². The third-order valence-electron chi connectivity index (χ3n) is 3.33. The Morgan fingerprint density at radius 1 is 1.35 bits per heavy atom. The first-order valence-corrected chi connectivity index (χ1v) is 6.10. The molecule has 1 aliphatic rings. The third kappa shape index (κ3) is 2.93. The van der Waals surface area contributed by atoms with E-state index in [1.807, 2.05) is 30.3 Å². The summed E-state index contributed by atoms with van der Waals surface area (Å²) in [5.41, 5.74) is 0.993. The molecule has 1 atom stereocenters. The Balaban J connectivity index is 2.01. The fourth-order valence-electron chi connectivity index (χ4n) is 2.02. The number of rotatable bonds is 5. The number of hydrogen-bond acceptors (Lipinski definition) is 2. The van der Waals surface area contributed by atoms with Gasteiger partial charge in [-0.25, -0.2) is 0 Å². The van der Waals surface area contributed by atoms with Crippen LogP contribution in [0.2, 0.25) is 0 Å². The second-order valence-corrected chi connectivity index (χ2v) is 4.50. The molecular weight excluding hydrogens is 214 g/mol. The summed E-state index contributed by atoms with van der Waals surface area (Å²) in [6.45, 7) is 0. The van der Waals surface area contributed by atoms with Crippen LogP contribution in [0.5, 0.6) is 0 Å². The van der Waals surface area contributed by atoms with Crippen molar-refractivity contribution in [3.63, 3.8) is 0 Å².